The third-order valence-electron chi connectivity index (χ3n) is 3.61. The Morgan fingerprint density at radius 3 is 2.17 bits per heavy atom. The summed E-state index contributed by atoms with van der Waals surface area (Å²) >= 11 is 0. The molecule has 0 unspecified atom stereocenters. The van der Waals surface area contributed by atoms with Gasteiger partial charge in [0.2, 0.25) is 0 Å². The van der Waals surface area contributed by atoms with Crippen molar-refractivity contribution in [3.63, 3.8) is 0 Å². The zero-order valence-electron chi connectivity index (χ0n) is 10.9. The number of benzene rings is 1. The fraction of sp³-hybridized carbons (Fsp3) is 0.533. The molecule has 2 N–H and O–H groups in total. The lowest BCUT2D eigenvalue weighted by Gasteiger charge is -2.19. The largest absolute Gasteiger partial charge is 0.481 e. The van der Waals surface area contributed by atoms with Crippen molar-refractivity contribution in [2.45, 2.75) is 45.1 Å². The molecule has 0 spiro atoms. The third-order valence-corrected chi connectivity index (χ3v) is 3.61. The Labute approximate surface area is 107 Å². The molecule has 3 heteroatoms. The molecular formula is C15H20O3. The van der Waals surface area contributed by atoms with Gasteiger partial charge in [-0.05, 0) is 44.2 Å². The number of aliphatic carboxylic acids is 1. The lowest BCUT2D eigenvalue weighted by atomic mass is 9.85. The van der Waals surface area contributed by atoms with Gasteiger partial charge in [0, 0.05) is 6.42 Å². The summed E-state index contributed by atoms with van der Waals surface area (Å²) in [5, 5.41) is 18.9. The number of rotatable bonds is 5. The normalized spacial score (nSPS) is 17.5. The van der Waals surface area contributed by atoms with Crippen molar-refractivity contribution >= 4 is 5.97 Å². The summed E-state index contributed by atoms with van der Waals surface area (Å²) in [7, 11) is 0. The van der Waals surface area contributed by atoms with Crippen LogP contribution < -0.4 is 0 Å². The average Bonchev–Trinajstić information content (AvgIpc) is 2.99. The maximum Gasteiger partial charge on any atom is 0.309 e. The van der Waals surface area contributed by atoms with Gasteiger partial charge < -0.3 is 10.2 Å². The van der Waals surface area contributed by atoms with Crippen LogP contribution in [0.4, 0.5) is 0 Å². The molecule has 0 heterocycles. The van der Waals surface area contributed by atoms with Crippen LogP contribution in [0.15, 0.2) is 24.3 Å². The van der Waals surface area contributed by atoms with Gasteiger partial charge in [0.15, 0.2) is 0 Å². The highest BCUT2D eigenvalue weighted by Gasteiger charge is 2.40. The first kappa shape index (κ1) is 13.1. The van der Waals surface area contributed by atoms with Crippen molar-refractivity contribution in [3.8, 4) is 0 Å². The standard InChI is InChI=1S/C15H20O3/c1-14(2,13(16)17)9-11-3-5-12(6-4-11)10-15(18)7-8-15/h3-6,18H,7-10H2,1-2H3,(H,16,17). The topological polar surface area (TPSA) is 57.5 Å². The van der Waals surface area contributed by atoms with Crippen LogP contribution in [0.5, 0.6) is 0 Å². The first-order valence-electron chi connectivity index (χ1n) is 6.34. The predicted octanol–water partition coefficient (Wildman–Crippen LogP) is 2.41. The van der Waals surface area contributed by atoms with Gasteiger partial charge in [-0.2, -0.15) is 0 Å². The van der Waals surface area contributed by atoms with E-state index < -0.39 is 17.0 Å². The minimum Gasteiger partial charge on any atom is -0.481 e. The Kier molecular flexibility index (Phi) is 3.20. The quantitative estimate of drug-likeness (QED) is 0.841. The van der Waals surface area contributed by atoms with Gasteiger partial charge in [0.1, 0.15) is 0 Å². The zero-order chi connectivity index (χ0) is 13.4. The van der Waals surface area contributed by atoms with Gasteiger partial charge in [-0.25, -0.2) is 0 Å². The van der Waals surface area contributed by atoms with Gasteiger partial charge in [-0.15, -0.1) is 0 Å². The van der Waals surface area contributed by atoms with Crippen LogP contribution in [-0.4, -0.2) is 21.8 Å². The van der Waals surface area contributed by atoms with Crippen LogP contribution in [0.1, 0.15) is 37.8 Å². The van der Waals surface area contributed by atoms with E-state index in [1.54, 1.807) is 13.8 Å². The molecule has 1 aliphatic rings. The average molecular weight is 248 g/mol. The number of carbonyl (C=O) groups is 1. The Balaban J connectivity index is 2.01. The summed E-state index contributed by atoms with van der Waals surface area (Å²) in [6.45, 7) is 3.46. The molecule has 1 aromatic rings. The van der Waals surface area contributed by atoms with E-state index in [-0.39, 0.29) is 0 Å². The minimum atomic E-state index is -0.779. The molecule has 98 valence electrons. The molecule has 18 heavy (non-hydrogen) atoms. The second kappa shape index (κ2) is 4.39. The third kappa shape index (κ3) is 3.10. The molecule has 1 saturated carbocycles. The van der Waals surface area contributed by atoms with Gasteiger partial charge in [-0.3, -0.25) is 4.79 Å². The maximum atomic E-state index is 11.1. The van der Waals surface area contributed by atoms with E-state index in [1.165, 1.54) is 0 Å². The Bertz CT molecular complexity index is 441. The minimum absolute atomic E-state index is 0.470. The fourth-order valence-electron chi connectivity index (χ4n) is 2.06. The summed E-state index contributed by atoms with van der Waals surface area (Å²) in [6.07, 6.45) is 3.00. The van der Waals surface area contributed by atoms with Crippen LogP contribution in [0, 0.1) is 5.41 Å². The Morgan fingerprint density at radius 2 is 1.72 bits per heavy atom. The monoisotopic (exact) mass is 248 g/mol. The number of aliphatic hydroxyl groups is 1. The smallest absolute Gasteiger partial charge is 0.309 e. The summed E-state index contributed by atoms with van der Waals surface area (Å²) in [5.74, 6) is -0.779. The highest BCUT2D eigenvalue weighted by atomic mass is 16.4. The molecular weight excluding hydrogens is 228 g/mol. The van der Waals surface area contributed by atoms with Crippen molar-refractivity contribution in [1.29, 1.82) is 0 Å². The predicted molar refractivity (Wildman–Crippen MR) is 69.5 cm³/mol. The van der Waals surface area contributed by atoms with E-state index in [0.717, 1.165) is 24.0 Å². The number of hydrogen-bond acceptors (Lipinski definition) is 2. The van der Waals surface area contributed by atoms with Gasteiger partial charge in [0.05, 0.1) is 11.0 Å². The number of carboxylic acid groups (broad SMARTS) is 1. The van der Waals surface area contributed by atoms with E-state index in [1.807, 2.05) is 24.3 Å². The SMILES string of the molecule is CC(C)(Cc1ccc(CC2(O)CC2)cc1)C(=O)O. The van der Waals surface area contributed by atoms with Gasteiger partial charge in [-0.1, -0.05) is 24.3 Å². The van der Waals surface area contributed by atoms with E-state index in [4.69, 9.17) is 5.11 Å². The maximum absolute atomic E-state index is 11.1. The lowest BCUT2D eigenvalue weighted by molar-refractivity contribution is -0.146. The van der Waals surface area contributed by atoms with Crippen LogP contribution in [-0.2, 0) is 17.6 Å². The van der Waals surface area contributed by atoms with E-state index in [9.17, 15) is 9.90 Å². The molecule has 0 atom stereocenters. The molecule has 0 saturated heterocycles. The van der Waals surface area contributed by atoms with Crippen molar-refractivity contribution in [2.24, 2.45) is 5.41 Å². The van der Waals surface area contributed by atoms with Crippen molar-refractivity contribution in [2.75, 3.05) is 0 Å². The van der Waals surface area contributed by atoms with E-state index >= 15 is 0 Å². The molecule has 0 radical (unpaired) electrons. The molecule has 0 amide bonds. The Morgan fingerprint density at radius 1 is 1.22 bits per heavy atom. The number of carboxylic acids is 1. The van der Waals surface area contributed by atoms with E-state index in [2.05, 4.69) is 0 Å². The first-order chi connectivity index (χ1) is 8.31. The number of hydrogen-bond donors (Lipinski definition) is 2. The van der Waals surface area contributed by atoms with Gasteiger partial charge >= 0.3 is 5.97 Å². The summed E-state index contributed by atoms with van der Waals surface area (Å²) in [4.78, 5) is 11.1. The van der Waals surface area contributed by atoms with Crippen molar-refractivity contribution < 1.29 is 15.0 Å². The second-order valence-electron chi connectivity index (χ2n) is 6.08. The van der Waals surface area contributed by atoms with Crippen LogP contribution in [0.2, 0.25) is 0 Å². The van der Waals surface area contributed by atoms with E-state index in [0.29, 0.717) is 12.8 Å². The van der Waals surface area contributed by atoms with Crippen LogP contribution >= 0.6 is 0 Å². The lowest BCUT2D eigenvalue weighted by Crippen LogP contribution is -2.26. The fourth-order valence-corrected chi connectivity index (χ4v) is 2.06. The molecule has 1 aliphatic carbocycles. The highest BCUT2D eigenvalue weighted by Crippen LogP contribution is 2.38. The highest BCUT2D eigenvalue weighted by molar-refractivity contribution is 5.74. The second-order valence-corrected chi connectivity index (χ2v) is 6.08. The molecule has 0 aromatic heterocycles. The van der Waals surface area contributed by atoms with Crippen molar-refractivity contribution in [1.82, 2.24) is 0 Å². The zero-order valence-corrected chi connectivity index (χ0v) is 10.9. The van der Waals surface area contributed by atoms with Crippen molar-refractivity contribution in [3.05, 3.63) is 35.4 Å². The molecule has 2 rings (SSSR count). The molecule has 0 aliphatic heterocycles. The summed E-state index contributed by atoms with van der Waals surface area (Å²) < 4.78 is 0. The molecule has 1 fully saturated rings. The molecule has 1 aromatic carbocycles. The summed E-state index contributed by atoms with van der Waals surface area (Å²) in [6, 6.07) is 7.91. The van der Waals surface area contributed by atoms with Gasteiger partial charge in [0.25, 0.3) is 0 Å². The van der Waals surface area contributed by atoms with Crippen LogP contribution in [0.3, 0.4) is 0 Å². The first-order valence-corrected chi connectivity index (χ1v) is 6.34. The Hall–Kier alpha value is -1.35. The molecule has 0 bridgehead atoms. The van der Waals surface area contributed by atoms with Crippen LogP contribution in [0.25, 0.3) is 0 Å². The molecule has 3 nitrogen and oxygen atoms in total. The summed E-state index contributed by atoms with van der Waals surface area (Å²) in [5.41, 5.74) is 0.929.